The highest BCUT2D eigenvalue weighted by Crippen LogP contribution is 2.41. The highest BCUT2D eigenvalue weighted by molar-refractivity contribution is 9.10. The third-order valence-corrected chi connectivity index (χ3v) is 5.74. The van der Waals surface area contributed by atoms with Gasteiger partial charge in [0.15, 0.2) is 0 Å². The second-order valence-corrected chi connectivity index (χ2v) is 7.80. The molecule has 0 bridgehead atoms. The zero-order chi connectivity index (χ0) is 18.1. The van der Waals surface area contributed by atoms with E-state index in [1.54, 1.807) is 6.07 Å². The molecular weight excluding hydrogens is 427 g/mol. The summed E-state index contributed by atoms with van der Waals surface area (Å²) >= 11 is 15.7. The van der Waals surface area contributed by atoms with Crippen molar-refractivity contribution in [3.05, 3.63) is 63.6 Å². The van der Waals surface area contributed by atoms with E-state index in [0.29, 0.717) is 22.2 Å². The van der Waals surface area contributed by atoms with Gasteiger partial charge in [0.1, 0.15) is 6.54 Å². The van der Waals surface area contributed by atoms with Crippen LogP contribution < -0.4 is 10.6 Å². The summed E-state index contributed by atoms with van der Waals surface area (Å²) in [6.45, 7) is -0.161. The molecule has 1 aliphatic rings. The van der Waals surface area contributed by atoms with Gasteiger partial charge in [-0.05, 0) is 35.7 Å². The van der Waals surface area contributed by atoms with Crippen molar-refractivity contribution in [1.29, 1.82) is 0 Å². The van der Waals surface area contributed by atoms with Gasteiger partial charge in [-0.25, -0.2) is 0 Å². The molecule has 130 valence electrons. The van der Waals surface area contributed by atoms with Gasteiger partial charge in [-0.3, -0.25) is 9.59 Å². The second-order valence-electron chi connectivity index (χ2n) is 5.88. The molecule has 7 heteroatoms. The van der Waals surface area contributed by atoms with Crippen molar-refractivity contribution < 1.29 is 9.59 Å². The van der Waals surface area contributed by atoms with Gasteiger partial charge in [-0.2, -0.15) is 0 Å². The van der Waals surface area contributed by atoms with E-state index in [0.717, 1.165) is 11.1 Å². The summed E-state index contributed by atoms with van der Waals surface area (Å²) in [6, 6.07) is 13.0. The number of fused-ring (bicyclic) bond motifs is 1. The Morgan fingerprint density at radius 3 is 2.60 bits per heavy atom. The van der Waals surface area contributed by atoms with E-state index in [4.69, 9.17) is 28.9 Å². The van der Waals surface area contributed by atoms with Gasteiger partial charge in [0, 0.05) is 11.6 Å². The van der Waals surface area contributed by atoms with Crippen LogP contribution in [0, 0.1) is 0 Å². The third-order valence-electron chi connectivity index (χ3n) is 4.24. The Balaban J connectivity index is 2.14. The van der Waals surface area contributed by atoms with Crippen molar-refractivity contribution in [2.24, 2.45) is 5.73 Å². The normalized spacial score (nSPS) is 20.1. The Morgan fingerprint density at radius 1 is 1.20 bits per heavy atom. The van der Waals surface area contributed by atoms with Gasteiger partial charge in [-0.15, -0.1) is 0 Å². The number of nitrogens with two attached hydrogens (primary N) is 1. The van der Waals surface area contributed by atoms with E-state index in [1.165, 1.54) is 4.90 Å². The molecule has 2 unspecified atom stereocenters. The lowest BCUT2D eigenvalue weighted by molar-refractivity contribution is -0.122. The Bertz CT molecular complexity index is 844. The molecule has 4 nitrogen and oxygen atoms in total. The maximum Gasteiger partial charge on any atom is 0.241 e. The number of benzene rings is 2. The molecule has 1 aliphatic heterocycles. The number of anilines is 1. The summed E-state index contributed by atoms with van der Waals surface area (Å²) in [6.07, 6.45) is 0.531. The van der Waals surface area contributed by atoms with Crippen LogP contribution in [0.15, 0.2) is 42.5 Å². The van der Waals surface area contributed by atoms with E-state index in [-0.39, 0.29) is 18.4 Å². The maximum absolute atomic E-state index is 12.8. The summed E-state index contributed by atoms with van der Waals surface area (Å²) in [4.78, 5) is 25.2. The lowest BCUT2D eigenvalue weighted by atomic mass is 9.87. The van der Waals surface area contributed by atoms with Gasteiger partial charge in [0.2, 0.25) is 11.8 Å². The monoisotopic (exact) mass is 440 g/mol. The number of alkyl halides is 1. The van der Waals surface area contributed by atoms with Gasteiger partial charge in [-0.1, -0.05) is 63.4 Å². The van der Waals surface area contributed by atoms with Crippen molar-refractivity contribution in [2.75, 3.05) is 11.4 Å². The molecule has 2 atom stereocenters. The number of nitrogens with zero attached hydrogens (tertiary/aromatic N) is 1. The van der Waals surface area contributed by atoms with E-state index in [2.05, 4.69) is 15.9 Å². The Labute approximate surface area is 164 Å². The van der Waals surface area contributed by atoms with Gasteiger partial charge in [0.25, 0.3) is 0 Å². The summed E-state index contributed by atoms with van der Waals surface area (Å²) in [5.41, 5.74) is 7.93. The number of carbonyl (C=O) groups is 2. The highest BCUT2D eigenvalue weighted by atomic mass is 79.9. The number of primary amides is 1. The summed E-state index contributed by atoms with van der Waals surface area (Å²) in [5, 5.41) is 0.946. The molecule has 0 fully saturated rings. The molecule has 0 aliphatic carbocycles. The molecule has 2 aromatic rings. The van der Waals surface area contributed by atoms with Crippen LogP contribution in [0.5, 0.6) is 0 Å². The molecule has 25 heavy (non-hydrogen) atoms. The first-order chi connectivity index (χ1) is 11.9. The number of halogens is 3. The molecule has 0 spiro atoms. The minimum absolute atomic E-state index is 0.0721. The lowest BCUT2D eigenvalue weighted by Crippen LogP contribution is -2.41. The minimum Gasteiger partial charge on any atom is -0.368 e. The largest absolute Gasteiger partial charge is 0.368 e. The van der Waals surface area contributed by atoms with Crippen molar-refractivity contribution >= 4 is 56.6 Å². The molecule has 2 aromatic carbocycles. The maximum atomic E-state index is 12.8. The molecule has 2 N–H and O–H groups in total. The first kappa shape index (κ1) is 18.2. The molecule has 0 radical (unpaired) electrons. The number of amides is 2. The quantitative estimate of drug-likeness (QED) is 0.728. The SMILES string of the molecule is NC(=O)CN1C(=O)C(Br)CC(c2ccc(Cl)c(Cl)c2)c2ccccc21. The van der Waals surface area contributed by atoms with Crippen molar-refractivity contribution in [3.8, 4) is 0 Å². The fourth-order valence-electron chi connectivity index (χ4n) is 3.11. The standard InChI is InChI=1S/C18H15BrCl2N2O2/c19-13-8-12(10-5-6-14(20)15(21)7-10)11-3-1-2-4-16(11)23(18(13)25)9-17(22)24/h1-7,12-13H,8-9H2,(H2,22,24). The predicted molar refractivity (Wildman–Crippen MR) is 104 cm³/mol. The van der Waals surface area contributed by atoms with Gasteiger partial charge < -0.3 is 10.6 Å². The van der Waals surface area contributed by atoms with E-state index in [9.17, 15) is 9.59 Å². The smallest absolute Gasteiger partial charge is 0.241 e. The molecular formula is C18H15BrCl2N2O2. The highest BCUT2D eigenvalue weighted by Gasteiger charge is 2.34. The third kappa shape index (κ3) is 3.68. The van der Waals surface area contributed by atoms with Crippen molar-refractivity contribution in [3.63, 3.8) is 0 Å². The van der Waals surface area contributed by atoms with Crippen LogP contribution >= 0.6 is 39.1 Å². The van der Waals surface area contributed by atoms with Crippen LogP contribution in [-0.2, 0) is 9.59 Å². The fourth-order valence-corrected chi connectivity index (χ4v) is 4.04. The molecule has 2 amide bonds. The zero-order valence-corrected chi connectivity index (χ0v) is 16.2. The molecule has 3 rings (SSSR count). The first-order valence-corrected chi connectivity index (χ1v) is 9.33. The Kier molecular flexibility index (Phi) is 5.37. The first-order valence-electron chi connectivity index (χ1n) is 7.66. The molecule has 0 aromatic heterocycles. The summed E-state index contributed by atoms with van der Waals surface area (Å²) in [5.74, 6) is -0.818. The molecule has 0 saturated carbocycles. The van der Waals surface area contributed by atoms with Crippen LogP contribution in [0.1, 0.15) is 23.5 Å². The van der Waals surface area contributed by atoms with E-state index < -0.39 is 10.7 Å². The molecule has 0 saturated heterocycles. The predicted octanol–water partition coefficient (Wildman–Crippen LogP) is 4.11. The lowest BCUT2D eigenvalue weighted by Gasteiger charge is -2.23. The summed E-state index contributed by atoms with van der Waals surface area (Å²) < 4.78 is 0. The van der Waals surface area contributed by atoms with Crippen LogP contribution in [0.3, 0.4) is 0 Å². The Hall–Kier alpha value is -1.56. The number of hydrogen-bond acceptors (Lipinski definition) is 2. The number of para-hydroxylation sites is 1. The second kappa shape index (κ2) is 7.36. The van der Waals surface area contributed by atoms with E-state index in [1.807, 2.05) is 36.4 Å². The topological polar surface area (TPSA) is 63.4 Å². The fraction of sp³-hybridized carbons (Fsp3) is 0.222. The van der Waals surface area contributed by atoms with Crippen molar-refractivity contribution in [1.82, 2.24) is 0 Å². The number of hydrogen-bond donors (Lipinski definition) is 1. The average Bonchev–Trinajstić information content (AvgIpc) is 2.68. The summed E-state index contributed by atoms with van der Waals surface area (Å²) in [7, 11) is 0. The van der Waals surface area contributed by atoms with Gasteiger partial charge >= 0.3 is 0 Å². The average molecular weight is 442 g/mol. The van der Waals surface area contributed by atoms with Crippen LogP contribution in [-0.4, -0.2) is 23.2 Å². The number of carbonyl (C=O) groups excluding carboxylic acids is 2. The van der Waals surface area contributed by atoms with Crippen molar-refractivity contribution in [2.45, 2.75) is 17.2 Å². The minimum atomic E-state index is -0.559. The van der Waals surface area contributed by atoms with Crippen LogP contribution in [0.4, 0.5) is 5.69 Å². The van der Waals surface area contributed by atoms with Crippen LogP contribution in [0.25, 0.3) is 0 Å². The number of rotatable bonds is 3. The molecule has 1 heterocycles. The van der Waals surface area contributed by atoms with Gasteiger partial charge in [0.05, 0.1) is 14.9 Å². The Morgan fingerprint density at radius 2 is 1.92 bits per heavy atom. The van der Waals surface area contributed by atoms with Crippen LogP contribution in [0.2, 0.25) is 10.0 Å². The van der Waals surface area contributed by atoms with E-state index >= 15 is 0 Å². The zero-order valence-electron chi connectivity index (χ0n) is 13.1.